The van der Waals surface area contributed by atoms with E-state index in [9.17, 15) is 0 Å². The van der Waals surface area contributed by atoms with Crippen LogP contribution in [0.4, 0.5) is 0 Å². The molecule has 4 heteroatoms. The van der Waals surface area contributed by atoms with E-state index < -0.39 is 0 Å². The number of hydrogen-bond acceptors (Lipinski definition) is 2. The summed E-state index contributed by atoms with van der Waals surface area (Å²) < 4.78 is 0. The van der Waals surface area contributed by atoms with E-state index in [4.69, 9.17) is 5.73 Å². The van der Waals surface area contributed by atoms with Crippen molar-refractivity contribution in [2.24, 2.45) is 10.7 Å². The Kier molecular flexibility index (Phi) is 2.85. The molecule has 0 saturated heterocycles. The summed E-state index contributed by atoms with van der Waals surface area (Å²) in [5.41, 5.74) is 7.68. The molecule has 3 N–H and O–H groups in total. The summed E-state index contributed by atoms with van der Waals surface area (Å²) in [6.45, 7) is 2.52. The van der Waals surface area contributed by atoms with Gasteiger partial charge in [0, 0.05) is 11.7 Å². The van der Waals surface area contributed by atoms with Crippen LogP contribution in [0.15, 0.2) is 23.2 Å². The molecule has 0 unspecified atom stereocenters. The second kappa shape index (κ2) is 4.29. The van der Waals surface area contributed by atoms with Gasteiger partial charge in [0.2, 0.25) is 0 Å². The van der Waals surface area contributed by atoms with E-state index in [1.54, 1.807) is 0 Å². The average Bonchev–Trinajstić information content (AvgIpc) is 2.99. The normalized spacial score (nSPS) is 16.5. The minimum absolute atomic E-state index is 0.529. The zero-order valence-electron chi connectivity index (χ0n) is 8.90. The first-order valence-corrected chi connectivity index (χ1v) is 5.23. The Morgan fingerprint density at radius 2 is 2.40 bits per heavy atom. The first-order valence-electron chi connectivity index (χ1n) is 5.23. The third kappa shape index (κ3) is 3.23. The van der Waals surface area contributed by atoms with Crippen molar-refractivity contribution in [3.8, 4) is 0 Å². The van der Waals surface area contributed by atoms with Gasteiger partial charge in [0.15, 0.2) is 5.96 Å². The molecule has 15 heavy (non-hydrogen) atoms. The van der Waals surface area contributed by atoms with Gasteiger partial charge >= 0.3 is 0 Å². The first-order chi connectivity index (χ1) is 7.24. The lowest BCUT2D eigenvalue weighted by molar-refractivity contribution is 0.870. The molecule has 1 aromatic rings. The lowest BCUT2D eigenvalue weighted by Gasteiger charge is -2.03. The lowest BCUT2D eigenvalue weighted by atomic mass is 10.3. The summed E-state index contributed by atoms with van der Waals surface area (Å²) in [6.07, 6.45) is 2.41. The molecule has 4 nitrogen and oxygen atoms in total. The van der Waals surface area contributed by atoms with Crippen LogP contribution < -0.4 is 11.1 Å². The van der Waals surface area contributed by atoms with Gasteiger partial charge in [0.05, 0.1) is 12.2 Å². The molecule has 0 bridgehead atoms. The first kappa shape index (κ1) is 9.96. The van der Waals surface area contributed by atoms with E-state index in [-0.39, 0.29) is 0 Å². The molecule has 1 saturated carbocycles. The van der Waals surface area contributed by atoms with Gasteiger partial charge in [-0.25, -0.2) is 4.99 Å². The van der Waals surface area contributed by atoms with E-state index in [1.807, 2.05) is 25.1 Å². The van der Waals surface area contributed by atoms with Gasteiger partial charge < -0.3 is 11.1 Å². The van der Waals surface area contributed by atoms with Crippen LogP contribution in [-0.4, -0.2) is 17.0 Å². The van der Waals surface area contributed by atoms with Crippen LogP contribution in [0.1, 0.15) is 24.2 Å². The third-order valence-electron chi connectivity index (χ3n) is 2.29. The van der Waals surface area contributed by atoms with Crippen molar-refractivity contribution in [2.45, 2.75) is 32.4 Å². The van der Waals surface area contributed by atoms with Crippen LogP contribution in [0, 0.1) is 6.92 Å². The fraction of sp³-hybridized carbons (Fsp3) is 0.455. The highest BCUT2D eigenvalue weighted by molar-refractivity contribution is 5.78. The van der Waals surface area contributed by atoms with Gasteiger partial charge in [0.1, 0.15) is 0 Å². The Hall–Kier alpha value is -1.58. The van der Waals surface area contributed by atoms with Crippen molar-refractivity contribution in [1.82, 2.24) is 10.3 Å². The number of nitrogens with two attached hydrogens (primary N) is 1. The van der Waals surface area contributed by atoms with Crippen molar-refractivity contribution >= 4 is 5.96 Å². The maximum absolute atomic E-state index is 5.71. The van der Waals surface area contributed by atoms with Crippen LogP contribution >= 0.6 is 0 Å². The molecule has 0 radical (unpaired) electrons. The summed E-state index contributed by atoms with van der Waals surface area (Å²) in [6, 6.07) is 6.47. The number of guanidine groups is 1. The van der Waals surface area contributed by atoms with Crippen molar-refractivity contribution < 1.29 is 0 Å². The molecule has 1 heterocycles. The average molecular weight is 204 g/mol. The van der Waals surface area contributed by atoms with Crippen molar-refractivity contribution in [3.05, 3.63) is 29.6 Å². The Labute approximate surface area is 89.6 Å². The van der Waals surface area contributed by atoms with Gasteiger partial charge in [-0.2, -0.15) is 0 Å². The summed E-state index contributed by atoms with van der Waals surface area (Å²) in [4.78, 5) is 8.59. The number of aromatic nitrogens is 1. The largest absolute Gasteiger partial charge is 0.370 e. The van der Waals surface area contributed by atoms with Crippen LogP contribution in [0.3, 0.4) is 0 Å². The summed E-state index contributed by atoms with van der Waals surface area (Å²) in [5, 5.41) is 3.14. The number of nitrogens with zero attached hydrogens (tertiary/aromatic N) is 2. The van der Waals surface area contributed by atoms with Gasteiger partial charge in [-0.15, -0.1) is 0 Å². The SMILES string of the molecule is Cc1cccc(CN=C(N)NC2CC2)n1. The molecule has 1 aliphatic carbocycles. The molecule has 0 amide bonds. The number of aryl methyl sites for hydroxylation is 1. The molecular weight excluding hydrogens is 188 g/mol. The molecular formula is C11H16N4. The molecule has 1 fully saturated rings. The molecule has 1 aliphatic rings. The fourth-order valence-corrected chi connectivity index (χ4v) is 1.34. The summed E-state index contributed by atoms with van der Waals surface area (Å²) in [5.74, 6) is 0.529. The topological polar surface area (TPSA) is 63.3 Å². The third-order valence-corrected chi connectivity index (χ3v) is 2.29. The number of nitrogens with one attached hydrogen (secondary N) is 1. The Bertz CT molecular complexity index is 369. The molecule has 0 aliphatic heterocycles. The van der Waals surface area contributed by atoms with Gasteiger partial charge in [-0.3, -0.25) is 4.98 Å². The highest BCUT2D eigenvalue weighted by Crippen LogP contribution is 2.18. The fourth-order valence-electron chi connectivity index (χ4n) is 1.34. The molecule has 80 valence electrons. The predicted octanol–water partition coefficient (Wildman–Crippen LogP) is 0.957. The summed E-state index contributed by atoms with van der Waals surface area (Å²) in [7, 11) is 0. The smallest absolute Gasteiger partial charge is 0.189 e. The minimum atomic E-state index is 0.529. The standard InChI is InChI=1S/C11H16N4/c1-8-3-2-4-10(14-8)7-13-11(12)15-9-5-6-9/h2-4,9H,5-7H2,1H3,(H3,12,13,15). The van der Waals surface area contributed by atoms with Crippen LogP contribution in [0.5, 0.6) is 0 Å². The van der Waals surface area contributed by atoms with Crippen molar-refractivity contribution in [3.63, 3.8) is 0 Å². The van der Waals surface area contributed by atoms with Crippen LogP contribution in [-0.2, 0) is 6.54 Å². The Morgan fingerprint density at radius 3 is 3.07 bits per heavy atom. The predicted molar refractivity (Wildman–Crippen MR) is 60.5 cm³/mol. The zero-order chi connectivity index (χ0) is 10.7. The number of pyridine rings is 1. The Balaban J connectivity index is 1.90. The zero-order valence-corrected chi connectivity index (χ0v) is 8.90. The van der Waals surface area contributed by atoms with Crippen LogP contribution in [0.2, 0.25) is 0 Å². The Morgan fingerprint density at radius 1 is 1.60 bits per heavy atom. The highest BCUT2D eigenvalue weighted by Gasteiger charge is 2.21. The number of aliphatic imine (C=N–C) groups is 1. The van der Waals surface area contributed by atoms with E-state index in [0.717, 1.165) is 11.4 Å². The second-order valence-corrected chi connectivity index (χ2v) is 3.89. The molecule has 0 spiro atoms. The molecule has 2 rings (SSSR count). The highest BCUT2D eigenvalue weighted by atomic mass is 15.1. The second-order valence-electron chi connectivity index (χ2n) is 3.89. The van der Waals surface area contributed by atoms with Crippen LogP contribution in [0.25, 0.3) is 0 Å². The van der Waals surface area contributed by atoms with Crippen molar-refractivity contribution in [1.29, 1.82) is 0 Å². The van der Waals surface area contributed by atoms with Gasteiger partial charge in [-0.05, 0) is 31.9 Å². The van der Waals surface area contributed by atoms with Crippen molar-refractivity contribution in [2.75, 3.05) is 0 Å². The van der Waals surface area contributed by atoms with E-state index in [0.29, 0.717) is 18.5 Å². The monoisotopic (exact) mass is 204 g/mol. The number of rotatable bonds is 3. The lowest BCUT2D eigenvalue weighted by Crippen LogP contribution is -2.33. The quantitative estimate of drug-likeness (QED) is 0.569. The van der Waals surface area contributed by atoms with E-state index >= 15 is 0 Å². The maximum atomic E-state index is 5.71. The van der Waals surface area contributed by atoms with E-state index in [1.165, 1.54) is 12.8 Å². The molecule has 1 aromatic heterocycles. The molecule has 0 atom stereocenters. The molecule has 0 aromatic carbocycles. The van der Waals surface area contributed by atoms with E-state index in [2.05, 4.69) is 15.3 Å². The van der Waals surface area contributed by atoms with Gasteiger partial charge in [-0.1, -0.05) is 6.07 Å². The maximum Gasteiger partial charge on any atom is 0.189 e. The minimum Gasteiger partial charge on any atom is -0.370 e. The van der Waals surface area contributed by atoms with Gasteiger partial charge in [0.25, 0.3) is 0 Å². The number of hydrogen-bond donors (Lipinski definition) is 2. The summed E-state index contributed by atoms with van der Waals surface area (Å²) >= 11 is 0.